The van der Waals surface area contributed by atoms with Crippen LogP contribution in [0.15, 0.2) is 46.1 Å². The topological polar surface area (TPSA) is 76.7 Å². The Morgan fingerprint density at radius 1 is 1.41 bits per heavy atom. The van der Waals surface area contributed by atoms with E-state index in [4.69, 9.17) is 9.15 Å². The first kappa shape index (κ1) is 10.9. The van der Waals surface area contributed by atoms with Gasteiger partial charge in [-0.05, 0) is 18.2 Å². The van der Waals surface area contributed by atoms with Gasteiger partial charge < -0.3 is 14.3 Å². The van der Waals surface area contributed by atoms with Crippen LogP contribution >= 0.6 is 0 Å². The highest BCUT2D eigenvalue weighted by Crippen LogP contribution is 2.21. The van der Waals surface area contributed by atoms with Crippen molar-refractivity contribution in [1.82, 2.24) is 0 Å². The van der Waals surface area contributed by atoms with Crippen LogP contribution < -0.4 is 10.4 Å². The molecule has 2 aromatic rings. The number of aromatic hydroxyl groups is 1. The molecule has 0 aliphatic rings. The van der Waals surface area contributed by atoms with Crippen molar-refractivity contribution in [3.05, 3.63) is 47.3 Å². The molecule has 0 atom stereocenters. The summed E-state index contributed by atoms with van der Waals surface area (Å²) in [6, 6.07) is 5.64. The Morgan fingerprint density at radius 3 is 2.88 bits per heavy atom. The SMILES string of the molecule is C=CC(=O)Oc1cc2ccc(O)cc2oc1=O. The van der Waals surface area contributed by atoms with Gasteiger partial charge in [-0.1, -0.05) is 6.58 Å². The molecule has 5 heteroatoms. The molecule has 0 bridgehead atoms. The first-order valence-corrected chi connectivity index (χ1v) is 4.71. The highest BCUT2D eigenvalue weighted by atomic mass is 16.5. The molecule has 0 aliphatic carbocycles. The molecule has 0 amide bonds. The molecule has 5 nitrogen and oxygen atoms in total. The summed E-state index contributed by atoms with van der Waals surface area (Å²) in [6.07, 6.45) is 0.945. The third-order valence-electron chi connectivity index (χ3n) is 2.06. The van der Waals surface area contributed by atoms with Crippen molar-refractivity contribution in [3.8, 4) is 11.5 Å². The lowest BCUT2D eigenvalue weighted by Gasteiger charge is -2.01. The number of fused-ring (bicyclic) bond motifs is 1. The quantitative estimate of drug-likeness (QED) is 0.483. The average molecular weight is 232 g/mol. The second-order valence-corrected chi connectivity index (χ2v) is 3.25. The van der Waals surface area contributed by atoms with E-state index in [0.29, 0.717) is 5.39 Å². The van der Waals surface area contributed by atoms with Gasteiger partial charge in [-0.15, -0.1) is 0 Å². The third-order valence-corrected chi connectivity index (χ3v) is 2.06. The van der Waals surface area contributed by atoms with E-state index >= 15 is 0 Å². The van der Waals surface area contributed by atoms with Crippen molar-refractivity contribution >= 4 is 16.9 Å². The van der Waals surface area contributed by atoms with Crippen LogP contribution in [0.3, 0.4) is 0 Å². The van der Waals surface area contributed by atoms with Crippen molar-refractivity contribution in [2.24, 2.45) is 0 Å². The molecule has 1 aromatic heterocycles. The predicted molar refractivity (Wildman–Crippen MR) is 60.0 cm³/mol. The van der Waals surface area contributed by atoms with Gasteiger partial charge in [-0.3, -0.25) is 0 Å². The molecule has 0 fully saturated rings. The molecule has 0 unspecified atom stereocenters. The van der Waals surface area contributed by atoms with Crippen LogP contribution in [0.25, 0.3) is 11.0 Å². The van der Waals surface area contributed by atoms with Crippen molar-refractivity contribution in [3.63, 3.8) is 0 Å². The van der Waals surface area contributed by atoms with Gasteiger partial charge >= 0.3 is 11.6 Å². The molecule has 1 heterocycles. The Balaban J connectivity index is 2.56. The van der Waals surface area contributed by atoms with Gasteiger partial charge in [-0.2, -0.15) is 0 Å². The van der Waals surface area contributed by atoms with E-state index < -0.39 is 11.6 Å². The van der Waals surface area contributed by atoms with E-state index in [-0.39, 0.29) is 17.1 Å². The molecule has 0 spiro atoms. The van der Waals surface area contributed by atoms with Crippen molar-refractivity contribution in [2.45, 2.75) is 0 Å². The number of benzene rings is 1. The number of carbonyl (C=O) groups is 1. The fourth-order valence-corrected chi connectivity index (χ4v) is 1.30. The summed E-state index contributed by atoms with van der Waals surface area (Å²) in [4.78, 5) is 22.4. The number of rotatable bonds is 2. The first-order valence-electron chi connectivity index (χ1n) is 4.71. The van der Waals surface area contributed by atoms with Gasteiger partial charge in [0.25, 0.3) is 0 Å². The average Bonchev–Trinajstić information content (AvgIpc) is 2.30. The largest absolute Gasteiger partial charge is 0.508 e. The summed E-state index contributed by atoms with van der Waals surface area (Å²) >= 11 is 0. The molecule has 0 aliphatic heterocycles. The third kappa shape index (κ3) is 2.17. The summed E-state index contributed by atoms with van der Waals surface area (Å²) < 4.78 is 9.60. The fourth-order valence-electron chi connectivity index (χ4n) is 1.30. The van der Waals surface area contributed by atoms with Gasteiger partial charge in [0, 0.05) is 17.5 Å². The zero-order valence-corrected chi connectivity index (χ0v) is 8.67. The number of phenols is 1. The Labute approximate surface area is 95.6 Å². The lowest BCUT2D eigenvalue weighted by molar-refractivity contribution is -0.129. The van der Waals surface area contributed by atoms with E-state index in [1.165, 1.54) is 18.2 Å². The van der Waals surface area contributed by atoms with Gasteiger partial charge in [0.2, 0.25) is 5.75 Å². The van der Waals surface area contributed by atoms with E-state index in [0.717, 1.165) is 6.08 Å². The lowest BCUT2D eigenvalue weighted by Crippen LogP contribution is -2.11. The standard InChI is InChI=1S/C12H8O5/c1-2-11(14)16-10-5-7-3-4-8(13)6-9(7)17-12(10)15/h2-6,13H,1H2. The minimum atomic E-state index is -0.793. The van der Waals surface area contributed by atoms with Gasteiger partial charge in [0.15, 0.2) is 0 Å². The number of hydrogen-bond donors (Lipinski definition) is 1. The molecule has 1 N–H and O–H groups in total. The highest BCUT2D eigenvalue weighted by Gasteiger charge is 2.09. The van der Waals surface area contributed by atoms with E-state index in [2.05, 4.69) is 6.58 Å². The summed E-state index contributed by atoms with van der Waals surface area (Å²) in [5.41, 5.74) is -0.577. The molecule has 0 saturated carbocycles. The van der Waals surface area contributed by atoms with Crippen molar-refractivity contribution in [1.29, 1.82) is 0 Å². The molecule has 0 radical (unpaired) electrons. The second kappa shape index (κ2) is 4.13. The summed E-state index contributed by atoms with van der Waals surface area (Å²) in [5.74, 6) is -0.972. The summed E-state index contributed by atoms with van der Waals surface area (Å²) in [6.45, 7) is 3.22. The van der Waals surface area contributed by atoms with E-state index in [9.17, 15) is 14.7 Å². The Kier molecular flexibility index (Phi) is 2.66. The molecular formula is C12H8O5. The van der Waals surface area contributed by atoms with E-state index in [1.54, 1.807) is 6.07 Å². The molecule has 0 saturated heterocycles. The van der Waals surface area contributed by atoms with Crippen LogP contribution in [0, 0.1) is 0 Å². The van der Waals surface area contributed by atoms with Crippen LogP contribution in [0.5, 0.6) is 11.5 Å². The maximum Gasteiger partial charge on any atom is 0.379 e. The number of phenolic OH excluding ortho intramolecular Hbond substituents is 1. The maximum atomic E-state index is 11.4. The van der Waals surface area contributed by atoms with Crippen LogP contribution in [0.4, 0.5) is 0 Å². The van der Waals surface area contributed by atoms with Gasteiger partial charge in [0.1, 0.15) is 11.3 Å². The maximum absolute atomic E-state index is 11.4. The Morgan fingerprint density at radius 2 is 2.18 bits per heavy atom. The smallest absolute Gasteiger partial charge is 0.379 e. The highest BCUT2D eigenvalue weighted by molar-refractivity contribution is 5.84. The zero-order chi connectivity index (χ0) is 12.4. The Hall–Kier alpha value is -2.56. The van der Waals surface area contributed by atoms with Gasteiger partial charge in [-0.25, -0.2) is 9.59 Å². The Bertz CT molecular complexity index is 653. The number of esters is 1. The van der Waals surface area contributed by atoms with Gasteiger partial charge in [0.05, 0.1) is 0 Å². The molecule has 17 heavy (non-hydrogen) atoms. The minimum Gasteiger partial charge on any atom is -0.508 e. The number of hydrogen-bond acceptors (Lipinski definition) is 5. The second-order valence-electron chi connectivity index (χ2n) is 3.25. The van der Waals surface area contributed by atoms with Crippen LogP contribution in [-0.4, -0.2) is 11.1 Å². The summed E-state index contributed by atoms with van der Waals surface area (Å²) in [7, 11) is 0. The minimum absolute atomic E-state index is 0.0171. The number of carbonyl (C=O) groups excluding carboxylic acids is 1. The molecule has 1 aromatic carbocycles. The summed E-state index contributed by atoms with van der Waals surface area (Å²) in [5, 5.41) is 9.75. The number of ether oxygens (including phenoxy) is 1. The lowest BCUT2D eigenvalue weighted by atomic mass is 10.2. The molecule has 86 valence electrons. The first-order chi connectivity index (χ1) is 8.10. The van der Waals surface area contributed by atoms with Crippen LogP contribution in [0.2, 0.25) is 0 Å². The van der Waals surface area contributed by atoms with Crippen molar-refractivity contribution in [2.75, 3.05) is 0 Å². The zero-order valence-electron chi connectivity index (χ0n) is 8.67. The normalized spacial score (nSPS) is 10.1. The van der Waals surface area contributed by atoms with Crippen molar-refractivity contribution < 1.29 is 19.1 Å². The fraction of sp³-hybridized carbons (Fsp3) is 0. The van der Waals surface area contributed by atoms with Crippen LogP contribution in [-0.2, 0) is 4.79 Å². The van der Waals surface area contributed by atoms with Crippen LogP contribution in [0.1, 0.15) is 0 Å². The molecule has 2 rings (SSSR count). The monoisotopic (exact) mass is 232 g/mol. The van der Waals surface area contributed by atoms with E-state index in [1.807, 2.05) is 0 Å². The predicted octanol–water partition coefficient (Wildman–Crippen LogP) is 1.59. The molecular weight excluding hydrogens is 224 g/mol.